The molecule has 0 radical (unpaired) electrons. The maximum absolute atomic E-state index is 11.8. The molecule has 0 amide bonds. The van der Waals surface area contributed by atoms with Gasteiger partial charge in [0.1, 0.15) is 22.7 Å². The smallest absolute Gasteiger partial charge is 0.299 e. The maximum atomic E-state index is 11.8. The van der Waals surface area contributed by atoms with E-state index in [9.17, 15) is 40.5 Å². The molecule has 0 unspecified atom stereocenters. The minimum Gasteiger partial charge on any atom is -0.350 e. The molecule has 0 saturated heterocycles. The Bertz CT molecular complexity index is 1600. The van der Waals surface area contributed by atoms with Crippen LogP contribution in [0, 0.1) is 40.5 Å². The van der Waals surface area contributed by atoms with Crippen LogP contribution in [0.5, 0.6) is 0 Å². The van der Waals surface area contributed by atoms with E-state index in [1.807, 2.05) is 0 Å². The Labute approximate surface area is 222 Å². The van der Waals surface area contributed by atoms with Crippen molar-refractivity contribution in [2.24, 2.45) is 0 Å². The number of nitro benzene ring substituents is 4. The lowest BCUT2D eigenvalue weighted by Crippen LogP contribution is -2.03. The third kappa shape index (κ3) is 4.94. The lowest BCUT2D eigenvalue weighted by Gasteiger charge is -2.13. The van der Waals surface area contributed by atoms with Crippen molar-refractivity contribution in [3.05, 3.63) is 113 Å². The second-order valence-electron chi connectivity index (χ2n) is 8.46. The van der Waals surface area contributed by atoms with E-state index >= 15 is 0 Å². The first-order chi connectivity index (χ1) is 19.1. The van der Waals surface area contributed by atoms with Gasteiger partial charge >= 0.3 is 0 Å². The normalized spacial score (nSPS) is 11.6. The standard InChI is InChI=1S/C24H16N8O8/c33-29(34)21-11-23(31(37)38)19-9-17(21)25-13-4-6-14(7-5-13)26-18-10-20(24(32(39)40)12-22(18)30(35)36)28-16-3-1-2-15(8-16)27-19/h1-12,25-28H. The van der Waals surface area contributed by atoms with E-state index in [1.165, 1.54) is 42.5 Å². The summed E-state index contributed by atoms with van der Waals surface area (Å²) in [5, 5.41) is 58.5. The summed E-state index contributed by atoms with van der Waals surface area (Å²) in [5.41, 5.74) is -0.978. The van der Waals surface area contributed by atoms with Crippen LogP contribution in [-0.4, -0.2) is 19.7 Å². The van der Waals surface area contributed by atoms with Gasteiger partial charge in [-0.3, -0.25) is 40.5 Å². The van der Waals surface area contributed by atoms with E-state index in [0.717, 1.165) is 12.1 Å². The molecule has 0 atom stereocenters. The highest BCUT2D eigenvalue weighted by molar-refractivity contribution is 5.85. The maximum Gasteiger partial charge on any atom is 0.299 e. The minimum absolute atomic E-state index is 0.0321. The van der Waals surface area contributed by atoms with Crippen molar-refractivity contribution < 1.29 is 19.7 Å². The number of benzene rings is 4. The average molecular weight is 544 g/mol. The first-order valence-corrected chi connectivity index (χ1v) is 11.3. The van der Waals surface area contributed by atoms with E-state index < -0.39 is 42.4 Å². The van der Waals surface area contributed by atoms with Crippen molar-refractivity contribution in [1.29, 1.82) is 0 Å². The number of anilines is 8. The van der Waals surface area contributed by atoms with Crippen LogP contribution < -0.4 is 21.3 Å². The number of hydrogen-bond acceptors (Lipinski definition) is 12. The number of nitrogens with zero attached hydrogens (tertiary/aromatic N) is 4. The predicted octanol–water partition coefficient (Wildman–Crippen LogP) is 6.61. The molecule has 16 heteroatoms. The summed E-state index contributed by atoms with van der Waals surface area (Å²) in [4.78, 5) is 44.0. The van der Waals surface area contributed by atoms with Gasteiger partial charge in [-0.1, -0.05) is 6.07 Å². The van der Waals surface area contributed by atoms with Gasteiger partial charge in [-0.25, -0.2) is 0 Å². The molecule has 0 aliphatic carbocycles. The van der Waals surface area contributed by atoms with Gasteiger partial charge in [0, 0.05) is 22.7 Å². The van der Waals surface area contributed by atoms with Crippen LogP contribution in [0.15, 0.2) is 72.8 Å². The Balaban J connectivity index is 1.73. The number of nitro groups is 4. The van der Waals surface area contributed by atoms with Crippen molar-refractivity contribution in [3.8, 4) is 0 Å². The van der Waals surface area contributed by atoms with Gasteiger partial charge in [-0.05, 0) is 54.6 Å². The molecular formula is C24H16N8O8. The van der Waals surface area contributed by atoms with Crippen molar-refractivity contribution in [2.75, 3.05) is 21.3 Å². The zero-order valence-corrected chi connectivity index (χ0v) is 20.0. The third-order valence-corrected chi connectivity index (χ3v) is 5.88. The van der Waals surface area contributed by atoms with Crippen LogP contribution in [0.3, 0.4) is 0 Å². The van der Waals surface area contributed by atoms with Crippen LogP contribution in [0.4, 0.5) is 68.2 Å². The Morgan fingerprint density at radius 1 is 0.400 bits per heavy atom. The second-order valence-corrected chi connectivity index (χ2v) is 8.46. The fraction of sp³-hybridized carbons (Fsp3) is 0. The van der Waals surface area contributed by atoms with E-state index in [1.54, 1.807) is 18.2 Å². The first kappa shape index (κ1) is 25.3. The summed E-state index contributed by atoms with van der Waals surface area (Å²) in [7, 11) is 0. The Kier molecular flexibility index (Phi) is 6.24. The summed E-state index contributed by atoms with van der Waals surface area (Å²) in [5.74, 6) is 0. The van der Waals surface area contributed by atoms with Crippen LogP contribution >= 0.6 is 0 Å². The molecule has 4 aromatic carbocycles. The van der Waals surface area contributed by atoms with Gasteiger partial charge in [0.25, 0.3) is 22.7 Å². The monoisotopic (exact) mass is 544 g/mol. The van der Waals surface area contributed by atoms with E-state index in [-0.39, 0.29) is 22.7 Å². The Morgan fingerprint density at radius 2 is 0.700 bits per heavy atom. The molecule has 4 N–H and O–H groups in total. The molecule has 16 nitrogen and oxygen atoms in total. The largest absolute Gasteiger partial charge is 0.350 e. The van der Waals surface area contributed by atoms with Gasteiger partial charge in [0.05, 0.1) is 31.8 Å². The van der Waals surface area contributed by atoms with E-state index in [4.69, 9.17) is 0 Å². The second kappa shape index (κ2) is 9.86. The summed E-state index contributed by atoms with van der Waals surface area (Å²) in [6.07, 6.45) is 0. The Hall–Kier alpha value is -6.32. The van der Waals surface area contributed by atoms with Gasteiger partial charge in [-0.15, -0.1) is 0 Å². The van der Waals surface area contributed by atoms with Crippen LogP contribution in [0.25, 0.3) is 0 Å². The van der Waals surface area contributed by atoms with Crippen LogP contribution in [0.2, 0.25) is 0 Å². The fourth-order valence-corrected chi connectivity index (χ4v) is 4.09. The predicted molar refractivity (Wildman–Crippen MR) is 146 cm³/mol. The Morgan fingerprint density at radius 3 is 1.00 bits per heavy atom. The zero-order valence-electron chi connectivity index (χ0n) is 20.0. The number of hydrogen-bond donors (Lipinski definition) is 4. The number of rotatable bonds is 4. The zero-order chi connectivity index (χ0) is 28.6. The van der Waals surface area contributed by atoms with Crippen LogP contribution in [0.1, 0.15) is 0 Å². The summed E-state index contributed by atoms with van der Waals surface area (Å²) < 4.78 is 0. The summed E-state index contributed by atoms with van der Waals surface area (Å²) >= 11 is 0. The molecule has 6 rings (SSSR count). The van der Waals surface area contributed by atoms with Crippen molar-refractivity contribution in [3.63, 3.8) is 0 Å². The van der Waals surface area contributed by atoms with Crippen LogP contribution in [-0.2, 0) is 0 Å². The number of fused-ring (bicyclic) bond motifs is 2. The molecular weight excluding hydrogens is 528 g/mol. The molecule has 2 aliphatic rings. The van der Waals surface area contributed by atoms with Gasteiger partial charge in [-0.2, -0.15) is 0 Å². The summed E-state index contributed by atoms with van der Waals surface area (Å²) in [6, 6.07) is 16.4. The molecule has 0 saturated carbocycles. The molecule has 40 heavy (non-hydrogen) atoms. The van der Waals surface area contributed by atoms with Gasteiger partial charge in [0.2, 0.25) is 0 Å². The molecule has 4 aromatic rings. The molecule has 200 valence electrons. The lowest BCUT2D eigenvalue weighted by atomic mass is 10.1. The lowest BCUT2D eigenvalue weighted by molar-refractivity contribution is -0.393. The average Bonchev–Trinajstić information content (AvgIpc) is 2.89. The van der Waals surface area contributed by atoms with Crippen molar-refractivity contribution >= 4 is 68.2 Å². The third-order valence-electron chi connectivity index (χ3n) is 5.88. The molecule has 2 aliphatic heterocycles. The molecule has 2 heterocycles. The van der Waals surface area contributed by atoms with Gasteiger partial charge < -0.3 is 21.3 Å². The molecule has 0 spiro atoms. The molecule has 8 bridgehead atoms. The van der Waals surface area contributed by atoms with Crippen molar-refractivity contribution in [1.82, 2.24) is 0 Å². The first-order valence-electron chi connectivity index (χ1n) is 11.3. The molecule has 0 fully saturated rings. The highest BCUT2D eigenvalue weighted by atomic mass is 16.6. The minimum atomic E-state index is -0.758. The molecule has 0 aromatic heterocycles. The SMILES string of the molecule is O=[N+]([O-])c1cc([N+](=O)[O-])c2cc1Nc1ccc(cc1)Nc1cc(c([N+](=O)[O-])cc1[N+](=O)[O-])Nc1cccc(c1)N2. The topological polar surface area (TPSA) is 221 Å². The highest BCUT2D eigenvalue weighted by Crippen LogP contribution is 2.41. The van der Waals surface area contributed by atoms with Gasteiger partial charge in [0.15, 0.2) is 0 Å². The summed E-state index contributed by atoms with van der Waals surface area (Å²) in [6.45, 7) is 0. The quantitative estimate of drug-likeness (QED) is 0.139. The van der Waals surface area contributed by atoms with E-state index in [0.29, 0.717) is 22.7 Å². The number of nitrogens with one attached hydrogen (secondary N) is 4. The van der Waals surface area contributed by atoms with E-state index in [2.05, 4.69) is 21.3 Å². The highest BCUT2D eigenvalue weighted by Gasteiger charge is 2.27. The fourth-order valence-electron chi connectivity index (χ4n) is 4.09. The van der Waals surface area contributed by atoms with Crippen molar-refractivity contribution in [2.45, 2.75) is 0 Å².